The number of carbonyl (C=O) groups excluding carboxylic acids is 2. The Bertz CT molecular complexity index is 1110. The third kappa shape index (κ3) is 4.38. The Morgan fingerprint density at radius 2 is 1.86 bits per heavy atom. The van der Waals surface area contributed by atoms with E-state index >= 15 is 0 Å². The summed E-state index contributed by atoms with van der Waals surface area (Å²) in [6, 6.07) is 16.2. The Kier molecular flexibility index (Phi) is 5.36. The maximum absolute atomic E-state index is 12.1. The van der Waals surface area contributed by atoms with Crippen LogP contribution in [0.2, 0.25) is 0 Å². The van der Waals surface area contributed by atoms with Crippen LogP contribution in [0, 0.1) is 0 Å². The van der Waals surface area contributed by atoms with E-state index in [1.165, 1.54) is 28.2 Å². The average Bonchev–Trinajstić information content (AvgIpc) is 3.35. The number of benzene rings is 2. The van der Waals surface area contributed by atoms with Crippen molar-refractivity contribution < 1.29 is 9.59 Å². The van der Waals surface area contributed by atoms with Gasteiger partial charge in [-0.2, -0.15) is 0 Å². The molecule has 0 spiro atoms. The van der Waals surface area contributed by atoms with Crippen molar-refractivity contribution in [1.82, 2.24) is 20.5 Å². The van der Waals surface area contributed by atoms with Crippen molar-refractivity contribution in [1.29, 1.82) is 0 Å². The van der Waals surface area contributed by atoms with Crippen molar-refractivity contribution in [2.75, 3.05) is 11.9 Å². The summed E-state index contributed by atoms with van der Waals surface area (Å²) < 4.78 is 1.03. The number of rotatable bonds is 6. The molecule has 2 amide bonds. The van der Waals surface area contributed by atoms with E-state index in [1.807, 2.05) is 30.3 Å². The molecule has 2 aromatic carbocycles. The van der Waals surface area contributed by atoms with Crippen LogP contribution in [-0.4, -0.2) is 33.5 Å². The monoisotopic (exact) mass is 409 g/mol. The van der Waals surface area contributed by atoms with Crippen LogP contribution in [0.5, 0.6) is 0 Å². The molecule has 0 aliphatic rings. The van der Waals surface area contributed by atoms with Gasteiger partial charge in [0.25, 0.3) is 0 Å². The fourth-order valence-corrected chi connectivity index (χ4v) is 4.09. The van der Waals surface area contributed by atoms with Gasteiger partial charge in [-0.15, -0.1) is 21.5 Å². The number of nitrogens with zero attached hydrogens (tertiary/aromatic N) is 3. The molecule has 0 saturated heterocycles. The number of hydrogen-bond donors (Lipinski definition) is 2. The van der Waals surface area contributed by atoms with E-state index in [0.29, 0.717) is 10.1 Å². The molecule has 4 rings (SSSR count). The Balaban J connectivity index is 1.37. The first kappa shape index (κ1) is 18.2. The Morgan fingerprint density at radius 1 is 1.00 bits per heavy atom. The van der Waals surface area contributed by atoms with Crippen molar-refractivity contribution in [2.24, 2.45) is 0 Å². The van der Waals surface area contributed by atoms with E-state index in [4.69, 9.17) is 0 Å². The number of carbonyl (C=O) groups is 2. The molecule has 0 unspecified atom stereocenters. The van der Waals surface area contributed by atoms with E-state index in [2.05, 4.69) is 44.0 Å². The summed E-state index contributed by atoms with van der Waals surface area (Å²) in [4.78, 5) is 28.4. The molecule has 0 aliphatic carbocycles. The predicted molar refractivity (Wildman–Crippen MR) is 110 cm³/mol. The normalized spacial score (nSPS) is 10.7. The summed E-state index contributed by atoms with van der Waals surface area (Å²) in [7, 11) is 0. The van der Waals surface area contributed by atoms with Gasteiger partial charge in [-0.25, -0.2) is 4.98 Å². The van der Waals surface area contributed by atoms with Crippen molar-refractivity contribution in [2.45, 2.75) is 6.42 Å². The molecule has 7 nitrogen and oxygen atoms in total. The average molecular weight is 409 g/mol. The van der Waals surface area contributed by atoms with E-state index in [9.17, 15) is 9.59 Å². The predicted octanol–water partition coefficient (Wildman–Crippen LogP) is 3.11. The molecule has 4 aromatic rings. The zero-order valence-electron chi connectivity index (χ0n) is 14.6. The van der Waals surface area contributed by atoms with Crippen LogP contribution >= 0.6 is 22.7 Å². The minimum Gasteiger partial charge on any atom is -0.347 e. The first-order valence-corrected chi connectivity index (χ1v) is 10.1. The lowest BCUT2D eigenvalue weighted by Crippen LogP contribution is -2.33. The van der Waals surface area contributed by atoms with Crippen LogP contribution in [0.4, 0.5) is 5.13 Å². The minimum absolute atomic E-state index is 0.124. The van der Waals surface area contributed by atoms with Gasteiger partial charge in [-0.3, -0.25) is 14.9 Å². The second-order valence-electron chi connectivity index (χ2n) is 5.90. The van der Waals surface area contributed by atoms with E-state index in [0.717, 1.165) is 21.3 Å². The highest BCUT2D eigenvalue weighted by Gasteiger charge is 2.12. The topological polar surface area (TPSA) is 96.9 Å². The summed E-state index contributed by atoms with van der Waals surface area (Å²) in [6.45, 7) is -0.124. The van der Waals surface area contributed by atoms with Crippen molar-refractivity contribution >= 4 is 49.8 Å². The molecule has 0 radical (unpaired) electrons. The van der Waals surface area contributed by atoms with Crippen molar-refractivity contribution in [3.8, 4) is 11.1 Å². The second-order valence-corrected chi connectivity index (χ2v) is 7.85. The minimum atomic E-state index is -0.345. The largest absolute Gasteiger partial charge is 0.347 e. The van der Waals surface area contributed by atoms with E-state index < -0.39 is 0 Å². The SMILES string of the molecule is O=C(Cc1nc2ccc(-c3ccccc3)cc2s1)NCC(=O)Nc1nncs1. The van der Waals surface area contributed by atoms with Crippen molar-refractivity contribution in [3.63, 3.8) is 0 Å². The fourth-order valence-electron chi connectivity index (χ4n) is 2.63. The van der Waals surface area contributed by atoms with Gasteiger partial charge in [0.1, 0.15) is 10.5 Å². The summed E-state index contributed by atoms with van der Waals surface area (Å²) in [5.74, 6) is -0.600. The van der Waals surface area contributed by atoms with Gasteiger partial charge in [0.15, 0.2) is 0 Å². The molecule has 0 aliphatic heterocycles. The molecule has 0 atom stereocenters. The zero-order valence-corrected chi connectivity index (χ0v) is 16.2. The second kappa shape index (κ2) is 8.24. The maximum Gasteiger partial charge on any atom is 0.245 e. The number of hydrogen-bond acceptors (Lipinski definition) is 7. The third-order valence-corrected chi connectivity index (χ3v) is 5.53. The molecule has 0 fully saturated rings. The Morgan fingerprint density at radius 3 is 2.64 bits per heavy atom. The molecule has 28 heavy (non-hydrogen) atoms. The molecular formula is C19H15N5O2S2. The van der Waals surface area contributed by atoms with Crippen LogP contribution in [0.15, 0.2) is 54.0 Å². The van der Waals surface area contributed by atoms with Crippen LogP contribution in [0.25, 0.3) is 21.3 Å². The highest BCUT2D eigenvalue weighted by molar-refractivity contribution is 7.18. The first-order valence-electron chi connectivity index (χ1n) is 8.45. The van der Waals surface area contributed by atoms with E-state index in [-0.39, 0.29) is 24.8 Å². The number of aromatic nitrogens is 3. The first-order chi connectivity index (χ1) is 13.7. The molecule has 140 valence electrons. The molecule has 2 N–H and O–H groups in total. The van der Waals surface area contributed by atoms with Crippen molar-refractivity contribution in [3.05, 3.63) is 59.0 Å². The quantitative estimate of drug-likeness (QED) is 0.510. The van der Waals surface area contributed by atoms with Crippen LogP contribution in [0.3, 0.4) is 0 Å². The summed E-state index contributed by atoms with van der Waals surface area (Å²) in [5.41, 5.74) is 4.63. The number of nitrogens with one attached hydrogen (secondary N) is 2. The lowest BCUT2D eigenvalue weighted by Gasteiger charge is -2.03. The molecule has 0 saturated carbocycles. The molecular weight excluding hydrogens is 394 g/mol. The summed E-state index contributed by atoms with van der Waals surface area (Å²) in [6.07, 6.45) is 0.131. The van der Waals surface area contributed by atoms with Crippen LogP contribution in [-0.2, 0) is 16.0 Å². The summed E-state index contributed by atoms with van der Waals surface area (Å²) in [5, 5.41) is 13.6. The van der Waals surface area contributed by atoms with Gasteiger partial charge in [-0.1, -0.05) is 47.7 Å². The van der Waals surface area contributed by atoms with E-state index in [1.54, 1.807) is 0 Å². The number of anilines is 1. The van der Waals surface area contributed by atoms with Gasteiger partial charge in [0.2, 0.25) is 16.9 Å². The molecule has 2 aromatic heterocycles. The van der Waals surface area contributed by atoms with Gasteiger partial charge in [0.05, 0.1) is 23.2 Å². The lowest BCUT2D eigenvalue weighted by molar-refractivity contribution is -0.123. The number of amides is 2. The standard InChI is InChI=1S/C19H15N5O2S2/c25-16(20-10-17(26)23-19-24-21-11-27-19)9-18-22-14-7-6-13(8-15(14)28-18)12-4-2-1-3-5-12/h1-8,11H,9-10H2,(H,20,25)(H,23,24,26). The van der Waals surface area contributed by atoms with Crippen LogP contribution in [0.1, 0.15) is 5.01 Å². The van der Waals surface area contributed by atoms with Gasteiger partial charge < -0.3 is 5.32 Å². The van der Waals surface area contributed by atoms with Gasteiger partial charge >= 0.3 is 0 Å². The molecule has 9 heteroatoms. The Hall–Kier alpha value is -3.17. The van der Waals surface area contributed by atoms with Gasteiger partial charge in [-0.05, 0) is 23.3 Å². The highest BCUT2D eigenvalue weighted by Crippen LogP contribution is 2.28. The lowest BCUT2D eigenvalue weighted by atomic mass is 10.1. The van der Waals surface area contributed by atoms with Crippen LogP contribution < -0.4 is 10.6 Å². The number of thiazole rings is 1. The number of fused-ring (bicyclic) bond motifs is 1. The zero-order chi connectivity index (χ0) is 19.3. The summed E-state index contributed by atoms with van der Waals surface area (Å²) >= 11 is 2.70. The highest BCUT2D eigenvalue weighted by atomic mass is 32.1. The Labute approximate surface area is 168 Å². The third-order valence-electron chi connectivity index (χ3n) is 3.90. The smallest absolute Gasteiger partial charge is 0.245 e. The molecule has 0 bridgehead atoms. The fraction of sp³-hybridized carbons (Fsp3) is 0.105. The maximum atomic E-state index is 12.1. The molecule has 2 heterocycles. The van der Waals surface area contributed by atoms with Gasteiger partial charge in [0, 0.05) is 0 Å².